The minimum absolute atomic E-state index is 0.585. The molecule has 1 aliphatic rings. The van der Waals surface area contributed by atoms with Gasteiger partial charge in [-0.15, -0.1) is 0 Å². The van der Waals surface area contributed by atoms with Crippen LogP contribution in [-0.4, -0.2) is 37.4 Å². The SMILES string of the molecule is CCNCN1CCC(F)C1. The molecule has 1 atom stereocenters. The summed E-state index contributed by atoms with van der Waals surface area (Å²) in [5.41, 5.74) is 0. The van der Waals surface area contributed by atoms with Gasteiger partial charge in [0.2, 0.25) is 0 Å². The highest BCUT2D eigenvalue weighted by Gasteiger charge is 2.20. The maximum Gasteiger partial charge on any atom is 0.114 e. The van der Waals surface area contributed by atoms with Gasteiger partial charge in [0.25, 0.3) is 0 Å². The van der Waals surface area contributed by atoms with Crippen LogP contribution >= 0.6 is 0 Å². The van der Waals surface area contributed by atoms with Crippen LogP contribution in [0.15, 0.2) is 0 Å². The Kier molecular flexibility index (Phi) is 3.09. The number of nitrogens with one attached hydrogen (secondary N) is 1. The molecule has 0 spiro atoms. The van der Waals surface area contributed by atoms with E-state index in [9.17, 15) is 4.39 Å². The molecule has 0 saturated carbocycles. The number of nitrogens with zero attached hydrogens (tertiary/aromatic N) is 1. The van der Waals surface area contributed by atoms with Crippen LogP contribution in [0.25, 0.3) is 0 Å². The minimum atomic E-state index is -0.585. The van der Waals surface area contributed by atoms with E-state index in [2.05, 4.69) is 17.1 Å². The van der Waals surface area contributed by atoms with Crippen molar-refractivity contribution >= 4 is 0 Å². The summed E-state index contributed by atoms with van der Waals surface area (Å²) in [4.78, 5) is 2.11. The predicted octanol–water partition coefficient (Wildman–Crippen LogP) is 0.597. The first-order valence-electron chi connectivity index (χ1n) is 3.90. The second-order valence-corrected chi connectivity index (χ2v) is 2.72. The minimum Gasteiger partial charge on any atom is -0.305 e. The van der Waals surface area contributed by atoms with Crippen molar-refractivity contribution in [3.05, 3.63) is 0 Å². The van der Waals surface area contributed by atoms with Crippen molar-refractivity contribution in [2.45, 2.75) is 19.5 Å². The molecule has 1 rings (SSSR count). The first-order valence-corrected chi connectivity index (χ1v) is 3.90. The predicted molar refractivity (Wildman–Crippen MR) is 39.6 cm³/mol. The van der Waals surface area contributed by atoms with E-state index < -0.39 is 6.17 Å². The van der Waals surface area contributed by atoms with Crippen LogP contribution < -0.4 is 5.32 Å². The largest absolute Gasteiger partial charge is 0.305 e. The summed E-state index contributed by atoms with van der Waals surface area (Å²) in [6, 6.07) is 0. The second kappa shape index (κ2) is 3.88. The van der Waals surface area contributed by atoms with Crippen molar-refractivity contribution < 1.29 is 4.39 Å². The summed E-state index contributed by atoms with van der Waals surface area (Å²) in [5.74, 6) is 0. The van der Waals surface area contributed by atoms with E-state index in [1.807, 2.05) is 0 Å². The highest BCUT2D eigenvalue weighted by atomic mass is 19.1. The van der Waals surface area contributed by atoms with Gasteiger partial charge in [-0.2, -0.15) is 0 Å². The molecule has 1 aliphatic heterocycles. The van der Waals surface area contributed by atoms with Gasteiger partial charge in [0, 0.05) is 19.8 Å². The molecule has 1 heterocycles. The Bertz CT molecular complexity index is 97.6. The molecule has 2 nitrogen and oxygen atoms in total. The number of likely N-dealkylation sites (tertiary alicyclic amines) is 1. The molecule has 60 valence electrons. The third-order valence-electron chi connectivity index (χ3n) is 1.80. The number of rotatable bonds is 3. The average molecular weight is 146 g/mol. The molecule has 1 saturated heterocycles. The Morgan fingerprint density at radius 3 is 3.00 bits per heavy atom. The normalized spacial score (nSPS) is 27.6. The first kappa shape index (κ1) is 7.95. The number of hydrogen-bond donors (Lipinski definition) is 1. The van der Waals surface area contributed by atoms with E-state index in [1.54, 1.807) is 0 Å². The zero-order valence-corrected chi connectivity index (χ0v) is 6.44. The van der Waals surface area contributed by atoms with Crippen molar-refractivity contribution in [3.63, 3.8) is 0 Å². The van der Waals surface area contributed by atoms with Gasteiger partial charge in [0.1, 0.15) is 6.17 Å². The number of alkyl halides is 1. The molecule has 0 bridgehead atoms. The van der Waals surface area contributed by atoms with Crippen LogP contribution in [0.5, 0.6) is 0 Å². The highest BCUT2D eigenvalue weighted by Crippen LogP contribution is 2.10. The first-order chi connectivity index (χ1) is 4.83. The van der Waals surface area contributed by atoms with E-state index >= 15 is 0 Å². The zero-order chi connectivity index (χ0) is 7.40. The van der Waals surface area contributed by atoms with Gasteiger partial charge < -0.3 is 5.32 Å². The molecule has 0 aliphatic carbocycles. The topological polar surface area (TPSA) is 15.3 Å². The Morgan fingerprint density at radius 2 is 2.50 bits per heavy atom. The molecule has 1 N–H and O–H groups in total. The number of hydrogen-bond acceptors (Lipinski definition) is 2. The highest BCUT2D eigenvalue weighted by molar-refractivity contribution is 4.73. The molecule has 0 aromatic carbocycles. The standard InChI is InChI=1S/C7H15FN2/c1-2-9-6-10-4-3-7(8)5-10/h7,9H,2-6H2,1H3. The van der Waals surface area contributed by atoms with Crippen LogP contribution in [0.4, 0.5) is 4.39 Å². The van der Waals surface area contributed by atoms with Crippen LogP contribution in [0.1, 0.15) is 13.3 Å². The van der Waals surface area contributed by atoms with Gasteiger partial charge in [0.05, 0.1) is 0 Å². The van der Waals surface area contributed by atoms with Crippen molar-refractivity contribution in [1.29, 1.82) is 0 Å². The summed E-state index contributed by atoms with van der Waals surface area (Å²) in [6.45, 7) is 5.40. The molecular weight excluding hydrogens is 131 g/mol. The van der Waals surface area contributed by atoms with Crippen molar-refractivity contribution in [1.82, 2.24) is 10.2 Å². The van der Waals surface area contributed by atoms with Gasteiger partial charge in [-0.25, -0.2) is 4.39 Å². The fraction of sp³-hybridized carbons (Fsp3) is 1.00. The van der Waals surface area contributed by atoms with Gasteiger partial charge in [-0.1, -0.05) is 6.92 Å². The van der Waals surface area contributed by atoms with Crippen LogP contribution in [0, 0.1) is 0 Å². The second-order valence-electron chi connectivity index (χ2n) is 2.72. The zero-order valence-electron chi connectivity index (χ0n) is 6.44. The molecule has 0 radical (unpaired) electrons. The molecule has 3 heteroatoms. The Balaban J connectivity index is 2.06. The fourth-order valence-electron chi connectivity index (χ4n) is 1.20. The Labute approximate surface area is 61.4 Å². The van der Waals surface area contributed by atoms with E-state index in [4.69, 9.17) is 0 Å². The average Bonchev–Trinajstić information content (AvgIpc) is 2.31. The lowest BCUT2D eigenvalue weighted by Gasteiger charge is -2.13. The van der Waals surface area contributed by atoms with Gasteiger partial charge >= 0.3 is 0 Å². The summed E-state index contributed by atoms with van der Waals surface area (Å²) >= 11 is 0. The lowest BCUT2D eigenvalue weighted by Crippen LogP contribution is -2.32. The molecular formula is C7H15FN2. The van der Waals surface area contributed by atoms with Crippen LogP contribution in [-0.2, 0) is 0 Å². The lowest BCUT2D eigenvalue weighted by atomic mass is 10.3. The van der Waals surface area contributed by atoms with E-state index in [-0.39, 0.29) is 0 Å². The summed E-state index contributed by atoms with van der Waals surface area (Å²) in [6.07, 6.45) is 0.129. The van der Waals surface area contributed by atoms with E-state index in [0.29, 0.717) is 13.0 Å². The number of halogens is 1. The molecule has 1 unspecified atom stereocenters. The monoisotopic (exact) mass is 146 g/mol. The molecule has 10 heavy (non-hydrogen) atoms. The maximum absolute atomic E-state index is 12.5. The third-order valence-corrected chi connectivity index (χ3v) is 1.80. The Hall–Kier alpha value is -0.150. The van der Waals surface area contributed by atoms with E-state index in [0.717, 1.165) is 19.8 Å². The quantitative estimate of drug-likeness (QED) is 0.627. The van der Waals surface area contributed by atoms with Crippen molar-refractivity contribution in [2.24, 2.45) is 0 Å². The fourth-order valence-corrected chi connectivity index (χ4v) is 1.20. The maximum atomic E-state index is 12.5. The van der Waals surface area contributed by atoms with Crippen molar-refractivity contribution in [3.8, 4) is 0 Å². The van der Waals surface area contributed by atoms with Gasteiger partial charge in [-0.3, -0.25) is 4.90 Å². The summed E-state index contributed by atoms with van der Waals surface area (Å²) in [5, 5.41) is 3.17. The van der Waals surface area contributed by atoms with Crippen LogP contribution in [0.2, 0.25) is 0 Å². The Morgan fingerprint density at radius 1 is 1.70 bits per heavy atom. The molecule has 0 aromatic heterocycles. The smallest absolute Gasteiger partial charge is 0.114 e. The molecule has 0 amide bonds. The van der Waals surface area contributed by atoms with Crippen LogP contribution in [0.3, 0.4) is 0 Å². The van der Waals surface area contributed by atoms with Crippen molar-refractivity contribution in [2.75, 3.05) is 26.3 Å². The summed E-state index contributed by atoms with van der Waals surface area (Å²) < 4.78 is 12.5. The van der Waals surface area contributed by atoms with Gasteiger partial charge in [0.15, 0.2) is 0 Å². The van der Waals surface area contributed by atoms with E-state index in [1.165, 1.54) is 0 Å². The van der Waals surface area contributed by atoms with Gasteiger partial charge in [-0.05, 0) is 13.0 Å². The molecule has 1 fully saturated rings. The molecule has 0 aromatic rings. The lowest BCUT2D eigenvalue weighted by molar-refractivity contribution is 0.273. The third kappa shape index (κ3) is 2.23. The summed E-state index contributed by atoms with van der Waals surface area (Å²) in [7, 11) is 0.